The van der Waals surface area contributed by atoms with Gasteiger partial charge in [-0.2, -0.15) is 0 Å². The summed E-state index contributed by atoms with van der Waals surface area (Å²) >= 11 is 6.16. The van der Waals surface area contributed by atoms with Crippen molar-refractivity contribution in [2.24, 2.45) is 0 Å². The van der Waals surface area contributed by atoms with Crippen molar-refractivity contribution in [3.05, 3.63) is 29.3 Å². The van der Waals surface area contributed by atoms with E-state index in [1.165, 1.54) is 12.8 Å². The maximum atomic E-state index is 10.2. The second kappa shape index (κ2) is 7.25. The highest BCUT2D eigenvalue weighted by molar-refractivity contribution is 6.32. The number of likely N-dealkylation sites (N-methyl/N-ethyl adjacent to an activating group) is 2. The van der Waals surface area contributed by atoms with Crippen LogP contribution in [0.25, 0.3) is 5.70 Å². The number of methoxy groups -OCH3 is 1. The van der Waals surface area contributed by atoms with Gasteiger partial charge < -0.3 is 14.7 Å². The number of ether oxygens (including phenoxy) is 1. The van der Waals surface area contributed by atoms with E-state index >= 15 is 0 Å². The SMILES string of the molecule is C=C(c1c(O)ccc(Cl)c1OC)N(C)CC1CCCN1CC. The fraction of sp³-hybridized carbons (Fsp3) is 0.529. The summed E-state index contributed by atoms with van der Waals surface area (Å²) < 4.78 is 5.35. The van der Waals surface area contributed by atoms with Crippen LogP contribution in [0.1, 0.15) is 25.3 Å². The predicted octanol–water partition coefficient (Wildman–Crippen LogP) is 3.44. The van der Waals surface area contributed by atoms with Gasteiger partial charge in [0.15, 0.2) is 0 Å². The molecule has 0 aromatic heterocycles. The second-order valence-electron chi connectivity index (χ2n) is 5.73. The molecule has 1 N–H and O–H groups in total. The van der Waals surface area contributed by atoms with Gasteiger partial charge in [-0.1, -0.05) is 25.1 Å². The van der Waals surface area contributed by atoms with E-state index < -0.39 is 0 Å². The number of phenols is 1. The van der Waals surface area contributed by atoms with Crippen molar-refractivity contribution < 1.29 is 9.84 Å². The molecule has 22 heavy (non-hydrogen) atoms. The number of nitrogens with zero attached hydrogens (tertiary/aromatic N) is 2. The predicted molar refractivity (Wildman–Crippen MR) is 91.6 cm³/mol. The summed E-state index contributed by atoms with van der Waals surface area (Å²) in [6.45, 7) is 9.43. The Bertz CT molecular complexity index is 548. The minimum absolute atomic E-state index is 0.136. The van der Waals surface area contributed by atoms with Gasteiger partial charge in [0.25, 0.3) is 0 Å². The number of phenolic OH excluding ortho intramolecular Hbond substituents is 1. The minimum atomic E-state index is 0.136. The van der Waals surface area contributed by atoms with Crippen molar-refractivity contribution in [2.75, 3.05) is 33.8 Å². The van der Waals surface area contributed by atoms with Gasteiger partial charge in [-0.05, 0) is 38.1 Å². The van der Waals surface area contributed by atoms with Crippen molar-refractivity contribution in [3.63, 3.8) is 0 Å². The first-order valence-corrected chi connectivity index (χ1v) is 8.07. The summed E-state index contributed by atoms with van der Waals surface area (Å²) in [7, 11) is 3.54. The Labute approximate surface area is 137 Å². The minimum Gasteiger partial charge on any atom is -0.507 e. The average Bonchev–Trinajstić information content (AvgIpc) is 2.95. The van der Waals surface area contributed by atoms with Gasteiger partial charge >= 0.3 is 0 Å². The molecule has 1 saturated heterocycles. The van der Waals surface area contributed by atoms with Gasteiger partial charge in [-0.3, -0.25) is 4.90 Å². The van der Waals surface area contributed by atoms with Gasteiger partial charge in [0.05, 0.1) is 17.7 Å². The van der Waals surface area contributed by atoms with Gasteiger partial charge in [-0.25, -0.2) is 0 Å². The summed E-state index contributed by atoms with van der Waals surface area (Å²) in [6.07, 6.45) is 2.44. The Morgan fingerprint density at radius 1 is 1.55 bits per heavy atom. The van der Waals surface area contributed by atoms with E-state index in [-0.39, 0.29) is 5.75 Å². The van der Waals surface area contributed by atoms with E-state index in [4.69, 9.17) is 16.3 Å². The second-order valence-corrected chi connectivity index (χ2v) is 6.13. The fourth-order valence-corrected chi connectivity index (χ4v) is 3.40. The molecule has 2 rings (SSSR count). The third kappa shape index (κ3) is 3.33. The van der Waals surface area contributed by atoms with E-state index in [0.29, 0.717) is 22.4 Å². The van der Waals surface area contributed by atoms with Crippen molar-refractivity contribution >= 4 is 17.3 Å². The molecule has 1 aromatic carbocycles. The topological polar surface area (TPSA) is 35.9 Å². The molecule has 122 valence electrons. The van der Waals surface area contributed by atoms with Gasteiger partial charge in [-0.15, -0.1) is 0 Å². The number of rotatable bonds is 6. The summed E-state index contributed by atoms with van der Waals surface area (Å²) in [4.78, 5) is 4.56. The van der Waals surface area contributed by atoms with Crippen LogP contribution >= 0.6 is 11.6 Å². The summed E-state index contributed by atoms with van der Waals surface area (Å²) in [5.41, 5.74) is 1.29. The van der Waals surface area contributed by atoms with E-state index in [0.717, 1.165) is 25.3 Å². The Morgan fingerprint density at radius 3 is 2.91 bits per heavy atom. The maximum absolute atomic E-state index is 10.2. The van der Waals surface area contributed by atoms with Crippen LogP contribution in [0.5, 0.6) is 11.5 Å². The van der Waals surface area contributed by atoms with Crippen LogP contribution in [0.3, 0.4) is 0 Å². The van der Waals surface area contributed by atoms with Crippen LogP contribution in [-0.2, 0) is 0 Å². The molecular formula is C17H25ClN2O2. The van der Waals surface area contributed by atoms with Gasteiger partial charge in [0, 0.05) is 25.3 Å². The van der Waals surface area contributed by atoms with Crippen LogP contribution in [-0.4, -0.2) is 54.7 Å². The monoisotopic (exact) mass is 324 g/mol. The molecule has 1 aliphatic rings. The van der Waals surface area contributed by atoms with Crippen LogP contribution in [0.4, 0.5) is 0 Å². The third-order valence-electron chi connectivity index (χ3n) is 4.43. The lowest BCUT2D eigenvalue weighted by atomic mass is 10.1. The quantitative estimate of drug-likeness (QED) is 0.869. The molecule has 4 nitrogen and oxygen atoms in total. The molecule has 0 aliphatic carbocycles. The molecule has 1 fully saturated rings. The highest BCUT2D eigenvalue weighted by atomic mass is 35.5. The molecule has 5 heteroatoms. The highest BCUT2D eigenvalue weighted by Gasteiger charge is 2.26. The largest absolute Gasteiger partial charge is 0.507 e. The van der Waals surface area contributed by atoms with Crippen molar-refractivity contribution in [2.45, 2.75) is 25.8 Å². The van der Waals surface area contributed by atoms with Crippen LogP contribution in [0.15, 0.2) is 18.7 Å². The molecule has 0 radical (unpaired) electrons. The Hall–Kier alpha value is -1.39. The third-order valence-corrected chi connectivity index (χ3v) is 4.73. The first-order valence-electron chi connectivity index (χ1n) is 7.69. The standard InChI is InChI=1S/C17H25ClN2O2/c1-5-20-10-6-7-13(20)11-19(3)12(2)16-15(21)9-8-14(18)17(16)22-4/h8-9,13,21H,2,5-7,10-11H2,1,3-4H3. The summed E-state index contributed by atoms with van der Waals surface area (Å²) in [5.74, 6) is 0.606. The number of hydrogen-bond donors (Lipinski definition) is 1. The molecular weight excluding hydrogens is 300 g/mol. The summed E-state index contributed by atoms with van der Waals surface area (Å²) in [5, 5.41) is 10.7. The number of hydrogen-bond acceptors (Lipinski definition) is 4. The first-order chi connectivity index (χ1) is 10.5. The van der Waals surface area contributed by atoms with Gasteiger partial charge in [0.1, 0.15) is 11.5 Å². The lowest BCUT2D eigenvalue weighted by Gasteiger charge is -2.30. The number of likely N-dealkylation sites (tertiary alicyclic amines) is 1. The number of aromatic hydroxyl groups is 1. The van der Waals surface area contributed by atoms with E-state index in [1.54, 1.807) is 19.2 Å². The number of halogens is 1. The maximum Gasteiger partial charge on any atom is 0.150 e. The molecule has 0 amide bonds. The van der Waals surface area contributed by atoms with Crippen molar-refractivity contribution in [1.29, 1.82) is 0 Å². The normalized spacial score (nSPS) is 18.5. The highest BCUT2D eigenvalue weighted by Crippen LogP contribution is 2.39. The van der Waals surface area contributed by atoms with Gasteiger partial charge in [0.2, 0.25) is 0 Å². The van der Waals surface area contributed by atoms with Crippen LogP contribution in [0.2, 0.25) is 5.02 Å². The number of benzene rings is 1. The zero-order chi connectivity index (χ0) is 16.3. The average molecular weight is 325 g/mol. The molecule has 1 aliphatic heterocycles. The Balaban J connectivity index is 2.19. The molecule has 0 saturated carbocycles. The fourth-order valence-electron chi connectivity index (χ4n) is 3.16. The van der Waals surface area contributed by atoms with E-state index in [9.17, 15) is 5.11 Å². The zero-order valence-corrected chi connectivity index (χ0v) is 14.4. The smallest absolute Gasteiger partial charge is 0.150 e. The van der Waals surface area contributed by atoms with E-state index in [1.807, 2.05) is 7.05 Å². The molecule has 0 spiro atoms. The van der Waals surface area contributed by atoms with Crippen molar-refractivity contribution in [3.8, 4) is 11.5 Å². The lowest BCUT2D eigenvalue weighted by molar-refractivity contribution is 0.230. The molecule has 1 heterocycles. The van der Waals surface area contributed by atoms with Crippen molar-refractivity contribution in [1.82, 2.24) is 9.80 Å². The molecule has 1 atom stereocenters. The van der Waals surface area contributed by atoms with Crippen LogP contribution in [0, 0.1) is 0 Å². The van der Waals surface area contributed by atoms with Crippen LogP contribution < -0.4 is 4.74 Å². The van der Waals surface area contributed by atoms with E-state index in [2.05, 4.69) is 23.3 Å². The molecule has 0 bridgehead atoms. The zero-order valence-electron chi connectivity index (χ0n) is 13.6. The Kier molecular flexibility index (Phi) is 5.59. The first kappa shape index (κ1) is 17.0. The molecule has 1 aromatic rings. The summed E-state index contributed by atoms with van der Waals surface area (Å²) in [6, 6.07) is 3.73. The molecule has 1 unspecified atom stereocenters. The lowest BCUT2D eigenvalue weighted by Crippen LogP contribution is -2.38. The Morgan fingerprint density at radius 2 is 2.27 bits per heavy atom.